The summed E-state index contributed by atoms with van der Waals surface area (Å²) in [5.74, 6) is 0.890. The molecule has 0 aromatic rings. The van der Waals surface area contributed by atoms with Gasteiger partial charge in [0.05, 0.1) is 16.8 Å². The van der Waals surface area contributed by atoms with Gasteiger partial charge < -0.3 is 19.1 Å². The maximum absolute atomic E-state index is 6.11. The van der Waals surface area contributed by atoms with Crippen LogP contribution in [-0.2, 0) is 9.31 Å². The summed E-state index contributed by atoms with van der Waals surface area (Å²) in [6, 6.07) is 0. The number of amidine groups is 1. The zero-order chi connectivity index (χ0) is 17.3. The van der Waals surface area contributed by atoms with Crippen molar-refractivity contribution in [3.8, 4) is 0 Å². The molecular formula is C17H30BN3O2. The minimum atomic E-state index is -0.438. The predicted octanol–water partition coefficient (Wildman–Crippen LogP) is 2.35. The van der Waals surface area contributed by atoms with E-state index in [0.29, 0.717) is 0 Å². The highest BCUT2D eigenvalue weighted by Gasteiger charge is 2.52. The molecule has 2 aliphatic heterocycles. The van der Waals surface area contributed by atoms with Crippen LogP contribution in [-0.4, -0.2) is 67.2 Å². The molecule has 0 aliphatic carbocycles. The largest absolute Gasteiger partial charge is 0.514 e. The minimum Gasteiger partial charge on any atom is -0.398 e. The van der Waals surface area contributed by atoms with Gasteiger partial charge in [0.15, 0.2) is 0 Å². The number of aliphatic imine (C=N–C) groups is 1. The third-order valence-corrected chi connectivity index (χ3v) is 5.04. The van der Waals surface area contributed by atoms with Gasteiger partial charge in [0.25, 0.3) is 0 Å². The summed E-state index contributed by atoms with van der Waals surface area (Å²) in [4.78, 5) is 9.38. The van der Waals surface area contributed by atoms with E-state index in [9.17, 15) is 0 Å². The fraction of sp³-hybridized carbons (Fsp3) is 0.706. The van der Waals surface area contributed by atoms with Gasteiger partial charge in [-0.25, -0.2) is 4.99 Å². The quantitative estimate of drug-likeness (QED) is 0.455. The van der Waals surface area contributed by atoms with Crippen LogP contribution >= 0.6 is 0 Å². The highest BCUT2D eigenvalue weighted by molar-refractivity contribution is 6.54. The highest BCUT2D eigenvalue weighted by atomic mass is 16.7. The van der Waals surface area contributed by atoms with Gasteiger partial charge in [-0.05, 0) is 47.7 Å². The maximum atomic E-state index is 6.11. The monoisotopic (exact) mass is 319 g/mol. The van der Waals surface area contributed by atoms with E-state index >= 15 is 0 Å². The predicted molar refractivity (Wildman–Crippen MR) is 96.5 cm³/mol. The molecule has 0 spiro atoms. The summed E-state index contributed by atoms with van der Waals surface area (Å²) in [7, 11) is 1.71. The Kier molecular flexibility index (Phi) is 5.39. The lowest BCUT2D eigenvalue weighted by Crippen LogP contribution is -2.46. The van der Waals surface area contributed by atoms with E-state index in [1.54, 1.807) is 0 Å². The van der Waals surface area contributed by atoms with E-state index in [4.69, 9.17) is 14.3 Å². The van der Waals surface area contributed by atoms with Gasteiger partial charge in [-0.1, -0.05) is 12.7 Å². The van der Waals surface area contributed by atoms with Crippen LogP contribution in [0.15, 0.2) is 29.3 Å². The normalized spacial score (nSPS) is 25.8. The van der Waals surface area contributed by atoms with Crippen molar-refractivity contribution >= 4 is 13.0 Å². The Morgan fingerprint density at radius 3 is 2.04 bits per heavy atom. The molecule has 0 radical (unpaired) electrons. The molecule has 5 nitrogen and oxygen atoms in total. The number of hydrogen-bond acceptors (Lipinski definition) is 4. The first-order chi connectivity index (χ1) is 10.7. The number of piperazine rings is 1. The summed E-state index contributed by atoms with van der Waals surface area (Å²) in [5, 5.41) is 0. The fourth-order valence-corrected chi connectivity index (χ4v) is 2.63. The summed E-state index contributed by atoms with van der Waals surface area (Å²) >= 11 is 0. The number of allylic oxidation sites excluding steroid dienone is 1. The Morgan fingerprint density at radius 2 is 1.61 bits per heavy atom. The van der Waals surface area contributed by atoms with Crippen molar-refractivity contribution < 1.29 is 9.31 Å². The molecule has 2 aliphatic rings. The molecule has 2 saturated heterocycles. The first kappa shape index (κ1) is 18.2. The van der Waals surface area contributed by atoms with Crippen LogP contribution in [0, 0.1) is 0 Å². The lowest BCUT2D eigenvalue weighted by atomic mass is 9.84. The Morgan fingerprint density at radius 1 is 1.09 bits per heavy atom. The van der Waals surface area contributed by atoms with E-state index < -0.39 is 7.12 Å². The van der Waals surface area contributed by atoms with E-state index in [2.05, 4.69) is 51.1 Å². The van der Waals surface area contributed by atoms with Crippen molar-refractivity contribution in [2.75, 3.05) is 33.2 Å². The van der Waals surface area contributed by atoms with Gasteiger partial charge in [0.2, 0.25) is 0 Å². The first-order valence-electron chi connectivity index (χ1n) is 8.36. The van der Waals surface area contributed by atoms with E-state index in [0.717, 1.165) is 37.6 Å². The number of hydrogen-bond donors (Lipinski definition) is 0. The molecule has 0 saturated carbocycles. The van der Waals surface area contributed by atoms with Crippen LogP contribution < -0.4 is 0 Å². The molecule has 0 N–H and O–H groups in total. The molecule has 0 atom stereocenters. The fourth-order valence-electron chi connectivity index (χ4n) is 2.63. The zero-order valence-corrected chi connectivity index (χ0v) is 15.4. The van der Waals surface area contributed by atoms with Gasteiger partial charge in [-0.3, -0.25) is 0 Å². The zero-order valence-electron chi connectivity index (χ0n) is 15.4. The van der Waals surface area contributed by atoms with E-state index in [1.165, 1.54) is 0 Å². The van der Waals surface area contributed by atoms with Crippen molar-refractivity contribution in [1.29, 1.82) is 0 Å². The number of likely N-dealkylation sites (N-methyl/N-ethyl adjacent to an activating group) is 1. The Labute approximate surface area is 141 Å². The van der Waals surface area contributed by atoms with Crippen molar-refractivity contribution in [2.45, 2.75) is 45.8 Å². The lowest BCUT2D eigenvalue weighted by Gasteiger charge is -2.33. The summed E-state index contributed by atoms with van der Waals surface area (Å²) in [6.45, 7) is 18.1. The van der Waals surface area contributed by atoms with Gasteiger partial charge in [0.1, 0.15) is 5.84 Å². The second-order valence-corrected chi connectivity index (χ2v) is 7.27. The third-order valence-electron chi connectivity index (χ3n) is 5.04. The molecule has 2 fully saturated rings. The van der Waals surface area contributed by atoms with Crippen molar-refractivity contribution in [2.24, 2.45) is 4.99 Å². The second-order valence-electron chi connectivity index (χ2n) is 7.27. The number of rotatable bonds is 3. The molecule has 0 amide bonds. The molecule has 0 unspecified atom stereocenters. The summed E-state index contributed by atoms with van der Waals surface area (Å²) in [5.41, 5.74) is 0.0882. The van der Waals surface area contributed by atoms with Crippen LogP contribution in [0.2, 0.25) is 0 Å². The highest BCUT2D eigenvalue weighted by Crippen LogP contribution is 2.38. The Hall–Kier alpha value is -1.11. The topological polar surface area (TPSA) is 37.3 Å². The van der Waals surface area contributed by atoms with Crippen LogP contribution in [0.25, 0.3) is 0 Å². The second kappa shape index (κ2) is 6.79. The third kappa shape index (κ3) is 3.87. The average Bonchev–Trinajstić information content (AvgIpc) is 2.70. The molecule has 2 heterocycles. The van der Waals surface area contributed by atoms with Crippen LogP contribution in [0.5, 0.6) is 0 Å². The Balaban J connectivity index is 2.16. The molecule has 0 aromatic carbocycles. The van der Waals surface area contributed by atoms with Crippen LogP contribution in [0.3, 0.4) is 0 Å². The van der Waals surface area contributed by atoms with Crippen LogP contribution in [0.4, 0.5) is 0 Å². The molecule has 6 heteroatoms. The maximum Gasteiger partial charge on any atom is 0.514 e. The van der Waals surface area contributed by atoms with Gasteiger partial charge in [-0.2, -0.15) is 0 Å². The molecular weight excluding hydrogens is 289 g/mol. The van der Waals surface area contributed by atoms with Crippen molar-refractivity contribution in [3.63, 3.8) is 0 Å². The van der Waals surface area contributed by atoms with Gasteiger partial charge >= 0.3 is 7.12 Å². The average molecular weight is 319 g/mol. The molecule has 128 valence electrons. The van der Waals surface area contributed by atoms with Crippen molar-refractivity contribution in [1.82, 2.24) is 9.80 Å². The summed E-state index contributed by atoms with van der Waals surface area (Å²) < 4.78 is 12.2. The minimum absolute atomic E-state index is 0.358. The standard InChI is InChI=1S/C17H30BN3O2/c1-8-14(18-22-16(3,4)17(5,6)23-18)19-15(9-2)21-12-10-20(7)11-13-21/h8-9H,2,10-13H2,1,3-7H3/b14-8-,19-15+. The SMILES string of the molecule is C=C/C(=N\C(=C/C)B1OC(C)(C)C(C)(C)O1)N1CCN(C)CC1. The van der Waals surface area contributed by atoms with Gasteiger partial charge in [0, 0.05) is 26.2 Å². The molecule has 23 heavy (non-hydrogen) atoms. The first-order valence-corrected chi connectivity index (χ1v) is 8.36. The molecule has 0 aromatic heterocycles. The van der Waals surface area contributed by atoms with E-state index in [-0.39, 0.29) is 11.2 Å². The number of nitrogens with zero attached hydrogens (tertiary/aromatic N) is 3. The van der Waals surface area contributed by atoms with Crippen molar-refractivity contribution in [3.05, 3.63) is 24.3 Å². The Bertz CT molecular complexity index is 490. The van der Waals surface area contributed by atoms with Crippen LogP contribution in [0.1, 0.15) is 34.6 Å². The molecule has 2 rings (SSSR count). The summed E-state index contributed by atoms with van der Waals surface area (Å²) in [6.07, 6.45) is 3.78. The molecule has 0 bridgehead atoms. The van der Waals surface area contributed by atoms with Gasteiger partial charge in [-0.15, -0.1) is 0 Å². The lowest BCUT2D eigenvalue weighted by molar-refractivity contribution is 0.00578. The smallest absolute Gasteiger partial charge is 0.398 e. The van der Waals surface area contributed by atoms with E-state index in [1.807, 2.05) is 19.1 Å².